The third-order valence-electron chi connectivity index (χ3n) is 2.20. The predicted octanol–water partition coefficient (Wildman–Crippen LogP) is 2.90. The first kappa shape index (κ1) is 9.77. The van der Waals surface area contributed by atoms with E-state index in [4.69, 9.17) is 0 Å². The van der Waals surface area contributed by atoms with E-state index in [2.05, 4.69) is 9.97 Å². The zero-order valence-electron chi connectivity index (χ0n) is 8.66. The molecule has 0 saturated carbocycles. The van der Waals surface area contributed by atoms with Crippen molar-refractivity contribution in [3.8, 4) is 11.3 Å². The Bertz CT molecular complexity index is 474. The molecule has 0 fully saturated rings. The van der Waals surface area contributed by atoms with Crippen LogP contribution >= 0.6 is 0 Å². The normalized spacial score (nSPS) is 10.3. The fourth-order valence-corrected chi connectivity index (χ4v) is 1.56. The number of nitrogens with zero attached hydrogens (tertiary/aromatic N) is 2. The largest absolute Gasteiger partial charge is 0.258 e. The van der Waals surface area contributed by atoms with Crippen molar-refractivity contribution in [1.29, 1.82) is 0 Å². The number of aryl methyl sites for hydroxylation is 2. The van der Waals surface area contributed by atoms with Crippen molar-refractivity contribution in [2.24, 2.45) is 0 Å². The Kier molecular flexibility index (Phi) is 2.46. The van der Waals surface area contributed by atoms with Crippen molar-refractivity contribution in [3.05, 3.63) is 47.7 Å². The van der Waals surface area contributed by atoms with Gasteiger partial charge in [-0.3, -0.25) is 9.97 Å². The van der Waals surface area contributed by atoms with E-state index in [9.17, 15) is 4.39 Å². The molecule has 0 amide bonds. The van der Waals surface area contributed by atoms with E-state index in [1.165, 1.54) is 12.1 Å². The van der Waals surface area contributed by atoms with Gasteiger partial charge in [0.25, 0.3) is 0 Å². The number of hydrogen-bond acceptors (Lipinski definition) is 2. The minimum absolute atomic E-state index is 0.241. The molecule has 0 saturated heterocycles. The third-order valence-corrected chi connectivity index (χ3v) is 2.20. The molecule has 3 heteroatoms. The molecule has 0 atom stereocenters. The van der Waals surface area contributed by atoms with Crippen LogP contribution in [0.3, 0.4) is 0 Å². The highest BCUT2D eigenvalue weighted by Crippen LogP contribution is 2.21. The van der Waals surface area contributed by atoms with Gasteiger partial charge in [0.2, 0.25) is 0 Å². The average molecular weight is 202 g/mol. The number of rotatable bonds is 1. The summed E-state index contributed by atoms with van der Waals surface area (Å²) in [5.74, 6) is -0.241. The van der Waals surface area contributed by atoms with Crippen LogP contribution in [0.5, 0.6) is 0 Å². The van der Waals surface area contributed by atoms with Crippen molar-refractivity contribution in [2.45, 2.75) is 13.8 Å². The summed E-state index contributed by atoms with van der Waals surface area (Å²) in [5, 5.41) is 0. The predicted molar refractivity (Wildman–Crippen MR) is 56.9 cm³/mol. The van der Waals surface area contributed by atoms with Gasteiger partial charge in [0.1, 0.15) is 5.82 Å². The summed E-state index contributed by atoms with van der Waals surface area (Å²) in [4.78, 5) is 8.33. The van der Waals surface area contributed by atoms with Gasteiger partial charge < -0.3 is 0 Å². The second kappa shape index (κ2) is 3.77. The van der Waals surface area contributed by atoms with Crippen LogP contribution in [-0.2, 0) is 0 Å². The maximum Gasteiger partial charge on any atom is 0.124 e. The summed E-state index contributed by atoms with van der Waals surface area (Å²) in [7, 11) is 0. The van der Waals surface area contributed by atoms with E-state index in [1.807, 2.05) is 19.9 Å². The molecule has 1 aromatic heterocycles. The van der Waals surface area contributed by atoms with Gasteiger partial charge in [0.05, 0.1) is 11.4 Å². The highest BCUT2D eigenvalue weighted by atomic mass is 19.1. The Morgan fingerprint density at radius 2 is 1.73 bits per heavy atom. The first-order chi connectivity index (χ1) is 7.16. The number of aromatic nitrogens is 2. The first-order valence-corrected chi connectivity index (χ1v) is 4.72. The Balaban J connectivity index is 2.59. The fourth-order valence-electron chi connectivity index (χ4n) is 1.56. The Morgan fingerprint density at radius 1 is 1.00 bits per heavy atom. The van der Waals surface area contributed by atoms with E-state index in [-0.39, 0.29) is 5.82 Å². The highest BCUT2D eigenvalue weighted by Gasteiger charge is 2.05. The van der Waals surface area contributed by atoms with Crippen molar-refractivity contribution >= 4 is 0 Å². The molecular weight excluding hydrogens is 191 g/mol. The third kappa shape index (κ3) is 2.01. The lowest BCUT2D eigenvalue weighted by Crippen LogP contribution is -1.92. The van der Waals surface area contributed by atoms with E-state index in [0.29, 0.717) is 0 Å². The fraction of sp³-hybridized carbons (Fsp3) is 0.167. The number of hydrogen-bond donors (Lipinski definition) is 0. The number of benzene rings is 1. The second-order valence-electron chi connectivity index (χ2n) is 3.51. The van der Waals surface area contributed by atoms with E-state index < -0.39 is 0 Å². The molecule has 2 aromatic rings. The molecule has 2 nitrogen and oxygen atoms in total. The molecule has 0 radical (unpaired) electrons. The van der Waals surface area contributed by atoms with Crippen molar-refractivity contribution < 1.29 is 4.39 Å². The molecule has 0 spiro atoms. The van der Waals surface area contributed by atoms with E-state index >= 15 is 0 Å². The molecule has 1 heterocycles. The van der Waals surface area contributed by atoms with Crippen LogP contribution in [0.4, 0.5) is 4.39 Å². The van der Waals surface area contributed by atoms with Gasteiger partial charge in [0.15, 0.2) is 0 Å². The maximum absolute atomic E-state index is 13.2. The van der Waals surface area contributed by atoms with Gasteiger partial charge in [-0.25, -0.2) is 4.39 Å². The molecule has 15 heavy (non-hydrogen) atoms. The lowest BCUT2D eigenvalue weighted by Gasteiger charge is -2.04. The van der Waals surface area contributed by atoms with Gasteiger partial charge in [-0.05, 0) is 37.6 Å². The zero-order chi connectivity index (χ0) is 10.8. The quantitative estimate of drug-likeness (QED) is 0.710. The van der Waals surface area contributed by atoms with Crippen LogP contribution in [0.1, 0.15) is 11.3 Å². The van der Waals surface area contributed by atoms with Gasteiger partial charge in [0, 0.05) is 18.0 Å². The SMILES string of the molecule is Cc1cc(F)cc(-c2nccnc2C)c1. The molecule has 1 aromatic carbocycles. The highest BCUT2D eigenvalue weighted by molar-refractivity contribution is 5.62. The number of halogens is 1. The molecule has 2 rings (SSSR count). The van der Waals surface area contributed by atoms with Gasteiger partial charge in [-0.1, -0.05) is 0 Å². The first-order valence-electron chi connectivity index (χ1n) is 4.72. The molecule has 0 aliphatic carbocycles. The topological polar surface area (TPSA) is 25.8 Å². The smallest absolute Gasteiger partial charge is 0.124 e. The van der Waals surface area contributed by atoms with Crippen LogP contribution in [0.2, 0.25) is 0 Å². The van der Waals surface area contributed by atoms with Gasteiger partial charge in [-0.2, -0.15) is 0 Å². The molecule has 76 valence electrons. The van der Waals surface area contributed by atoms with Gasteiger partial charge >= 0.3 is 0 Å². The molecular formula is C12H11FN2. The van der Waals surface area contributed by atoms with Crippen LogP contribution < -0.4 is 0 Å². The maximum atomic E-state index is 13.2. The summed E-state index contributed by atoms with van der Waals surface area (Å²) >= 11 is 0. The van der Waals surface area contributed by atoms with Crippen LogP contribution in [0, 0.1) is 19.7 Å². The van der Waals surface area contributed by atoms with Crippen LogP contribution in [0.25, 0.3) is 11.3 Å². The van der Waals surface area contributed by atoms with Gasteiger partial charge in [-0.15, -0.1) is 0 Å². The Hall–Kier alpha value is -1.77. The average Bonchev–Trinajstić information content (AvgIpc) is 2.16. The second-order valence-corrected chi connectivity index (χ2v) is 3.51. The van der Waals surface area contributed by atoms with E-state index in [1.54, 1.807) is 12.4 Å². The summed E-state index contributed by atoms with van der Waals surface area (Å²) < 4.78 is 13.2. The minimum Gasteiger partial charge on any atom is -0.258 e. The molecule has 0 aliphatic rings. The standard InChI is InChI=1S/C12H11FN2/c1-8-5-10(7-11(13)6-8)12-9(2)14-3-4-15-12/h3-7H,1-2H3. The lowest BCUT2D eigenvalue weighted by molar-refractivity contribution is 0.627. The summed E-state index contributed by atoms with van der Waals surface area (Å²) in [6, 6.07) is 4.87. The molecule has 0 N–H and O–H groups in total. The Morgan fingerprint density at radius 3 is 2.40 bits per heavy atom. The summed E-state index contributed by atoms with van der Waals surface area (Å²) in [5.41, 5.74) is 3.20. The van der Waals surface area contributed by atoms with E-state index in [0.717, 1.165) is 22.5 Å². The summed E-state index contributed by atoms with van der Waals surface area (Å²) in [6.45, 7) is 3.72. The van der Waals surface area contributed by atoms with Crippen LogP contribution in [0.15, 0.2) is 30.6 Å². The zero-order valence-corrected chi connectivity index (χ0v) is 8.66. The molecule has 0 bridgehead atoms. The molecule has 0 aliphatic heterocycles. The minimum atomic E-state index is -0.241. The summed E-state index contributed by atoms with van der Waals surface area (Å²) in [6.07, 6.45) is 3.24. The van der Waals surface area contributed by atoms with Crippen molar-refractivity contribution in [3.63, 3.8) is 0 Å². The lowest BCUT2D eigenvalue weighted by atomic mass is 10.1. The van der Waals surface area contributed by atoms with Crippen molar-refractivity contribution in [1.82, 2.24) is 9.97 Å². The monoisotopic (exact) mass is 202 g/mol. The van der Waals surface area contributed by atoms with Crippen molar-refractivity contribution in [2.75, 3.05) is 0 Å². The Labute approximate surface area is 87.8 Å². The van der Waals surface area contributed by atoms with Crippen LogP contribution in [-0.4, -0.2) is 9.97 Å². The molecule has 0 unspecified atom stereocenters.